The minimum atomic E-state index is -1.24. The highest BCUT2D eigenvalue weighted by Crippen LogP contribution is 2.35. The number of carboxylic acid groups (broad SMARTS) is 1. The number of hydrogen-bond donors (Lipinski definition) is 1. The molecule has 0 heterocycles. The molecule has 0 aliphatic rings. The molecule has 0 aromatic heterocycles. The van der Waals surface area contributed by atoms with Crippen LogP contribution in [0.3, 0.4) is 0 Å². The van der Waals surface area contributed by atoms with Crippen LogP contribution in [0.25, 0.3) is 0 Å². The lowest BCUT2D eigenvalue weighted by Gasteiger charge is -2.09. The lowest BCUT2D eigenvalue weighted by molar-refractivity contribution is -0.385. The summed E-state index contributed by atoms with van der Waals surface area (Å²) < 4.78 is 6.16. The number of aryl methyl sites for hydroxylation is 1. The van der Waals surface area contributed by atoms with E-state index in [0.29, 0.717) is 10.2 Å². The first-order chi connectivity index (χ1) is 9.88. The predicted octanol–water partition coefficient (Wildman–Crippen LogP) is 4.16. The van der Waals surface area contributed by atoms with Gasteiger partial charge in [-0.3, -0.25) is 10.1 Å². The number of carbonyl (C=O) groups is 1. The Labute approximate surface area is 128 Å². The van der Waals surface area contributed by atoms with Gasteiger partial charge in [0.25, 0.3) is 0 Å². The van der Waals surface area contributed by atoms with E-state index < -0.39 is 16.6 Å². The Bertz CT molecular complexity index is 729. The summed E-state index contributed by atoms with van der Waals surface area (Å²) in [6.45, 7) is 1.90. The summed E-state index contributed by atoms with van der Waals surface area (Å²) in [5, 5.41) is 19.9. The molecule has 7 heteroatoms. The zero-order valence-corrected chi connectivity index (χ0v) is 12.5. The van der Waals surface area contributed by atoms with Crippen molar-refractivity contribution < 1.29 is 19.6 Å². The molecule has 0 saturated heterocycles. The maximum atomic E-state index is 11.0. The Kier molecular flexibility index (Phi) is 4.23. The number of carboxylic acids is 1. The van der Waals surface area contributed by atoms with E-state index in [9.17, 15) is 14.9 Å². The van der Waals surface area contributed by atoms with Crippen molar-refractivity contribution in [3.8, 4) is 11.5 Å². The fourth-order valence-corrected chi connectivity index (χ4v) is 2.26. The van der Waals surface area contributed by atoms with Gasteiger partial charge in [-0.25, -0.2) is 4.79 Å². The van der Waals surface area contributed by atoms with Gasteiger partial charge in [-0.1, -0.05) is 6.07 Å². The second-order valence-corrected chi connectivity index (χ2v) is 5.14. The Morgan fingerprint density at radius 3 is 2.48 bits per heavy atom. The molecule has 0 amide bonds. The molecular weight excluding hydrogens is 342 g/mol. The molecular formula is C14H10BrNO5. The van der Waals surface area contributed by atoms with Gasteiger partial charge in [-0.2, -0.15) is 0 Å². The highest BCUT2D eigenvalue weighted by atomic mass is 79.9. The summed E-state index contributed by atoms with van der Waals surface area (Å²) in [6.07, 6.45) is 0. The molecule has 0 saturated carbocycles. The number of hydrogen-bond acceptors (Lipinski definition) is 4. The molecule has 0 aliphatic heterocycles. The van der Waals surface area contributed by atoms with Crippen molar-refractivity contribution in [3.63, 3.8) is 0 Å². The topological polar surface area (TPSA) is 89.7 Å². The summed E-state index contributed by atoms with van der Waals surface area (Å²) >= 11 is 3.31. The van der Waals surface area contributed by atoms with Gasteiger partial charge in [0.2, 0.25) is 5.75 Å². The van der Waals surface area contributed by atoms with Crippen LogP contribution in [0.4, 0.5) is 5.69 Å². The summed E-state index contributed by atoms with van der Waals surface area (Å²) in [5.74, 6) is -0.845. The molecule has 0 bridgehead atoms. The molecule has 0 atom stereocenters. The molecule has 21 heavy (non-hydrogen) atoms. The minimum Gasteiger partial charge on any atom is -0.478 e. The van der Waals surface area contributed by atoms with Crippen molar-refractivity contribution in [2.75, 3.05) is 0 Å². The van der Waals surface area contributed by atoms with Crippen molar-refractivity contribution in [1.29, 1.82) is 0 Å². The number of nitro groups is 1. The van der Waals surface area contributed by atoms with Crippen LogP contribution in [0.15, 0.2) is 40.9 Å². The zero-order chi connectivity index (χ0) is 15.6. The number of nitro benzene ring substituents is 1. The SMILES string of the molecule is Cc1ccc(Oc2ccc(C(=O)O)cc2[N+](=O)[O-])c(Br)c1. The summed E-state index contributed by atoms with van der Waals surface area (Å²) in [6, 6.07) is 8.79. The van der Waals surface area contributed by atoms with Crippen LogP contribution in [0.1, 0.15) is 15.9 Å². The van der Waals surface area contributed by atoms with Gasteiger partial charge in [0.1, 0.15) is 5.75 Å². The predicted molar refractivity (Wildman–Crippen MR) is 79.0 cm³/mol. The van der Waals surface area contributed by atoms with Gasteiger partial charge in [0.15, 0.2) is 0 Å². The van der Waals surface area contributed by atoms with Gasteiger partial charge in [0, 0.05) is 6.07 Å². The van der Waals surface area contributed by atoms with Crippen molar-refractivity contribution in [3.05, 3.63) is 62.1 Å². The van der Waals surface area contributed by atoms with Crippen molar-refractivity contribution in [1.82, 2.24) is 0 Å². The smallest absolute Gasteiger partial charge is 0.335 e. The van der Waals surface area contributed by atoms with Crippen molar-refractivity contribution in [2.45, 2.75) is 6.92 Å². The first-order valence-electron chi connectivity index (χ1n) is 5.84. The second kappa shape index (κ2) is 5.92. The van der Waals surface area contributed by atoms with E-state index in [1.807, 2.05) is 13.0 Å². The number of benzene rings is 2. The van der Waals surface area contributed by atoms with Gasteiger partial charge in [-0.15, -0.1) is 0 Å². The molecule has 0 fully saturated rings. The van der Waals surface area contributed by atoms with E-state index in [1.165, 1.54) is 12.1 Å². The van der Waals surface area contributed by atoms with Gasteiger partial charge in [-0.05, 0) is 52.7 Å². The molecule has 1 N–H and O–H groups in total. The van der Waals surface area contributed by atoms with Crippen molar-refractivity contribution >= 4 is 27.6 Å². The Balaban J connectivity index is 2.44. The van der Waals surface area contributed by atoms with Gasteiger partial charge in [0.05, 0.1) is 15.0 Å². The fourth-order valence-electron chi connectivity index (χ4n) is 1.69. The van der Waals surface area contributed by atoms with Crippen LogP contribution < -0.4 is 4.74 Å². The molecule has 0 radical (unpaired) electrons. The highest BCUT2D eigenvalue weighted by Gasteiger charge is 2.19. The summed E-state index contributed by atoms with van der Waals surface area (Å²) in [7, 11) is 0. The van der Waals surface area contributed by atoms with E-state index >= 15 is 0 Å². The van der Waals surface area contributed by atoms with Gasteiger partial charge < -0.3 is 9.84 Å². The fraction of sp³-hybridized carbons (Fsp3) is 0.0714. The lowest BCUT2D eigenvalue weighted by atomic mass is 10.2. The maximum absolute atomic E-state index is 11.0. The van der Waals surface area contributed by atoms with Crippen molar-refractivity contribution in [2.24, 2.45) is 0 Å². The molecule has 2 aromatic rings. The third-order valence-corrected chi connectivity index (χ3v) is 3.33. The average Bonchev–Trinajstić information content (AvgIpc) is 2.41. The molecule has 108 valence electrons. The van der Waals surface area contributed by atoms with Crippen LogP contribution in [-0.2, 0) is 0 Å². The number of rotatable bonds is 4. The molecule has 2 aromatic carbocycles. The highest BCUT2D eigenvalue weighted by molar-refractivity contribution is 9.10. The minimum absolute atomic E-state index is 0.0189. The van der Waals surface area contributed by atoms with Crippen LogP contribution in [0.5, 0.6) is 11.5 Å². The number of aromatic carboxylic acids is 1. The van der Waals surface area contributed by atoms with E-state index in [0.717, 1.165) is 11.6 Å². The monoisotopic (exact) mass is 351 g/mol. The normalized spacial score (nSPS) is 10.2. The van der Waals surface area contributed by atoms with Crippen LogP contribution in [0.2, 0.25) is 0 Å². The van der Waals surface area contributed by atoms with E-state index in [2.05, 4.69) is 15.9 Å². The molecule has 0 spiro atoms. The quantitative estimate of drug-likeness (QED) is 0.659. The van der Waals surface area contributed by atoms with Crippen LogP contribution in [-0.4, -0.2) is 16.0 Å². The lowest BCUT2D eigenvalue weighted by Crippen LogP contribution is -2.00. The number of nitrogens with zero attached hydrogens (tertiary/aromatic N) is 1. The van der Waals surface area contributed by atoms with Crippen LogP contribution >= 0.6 is 15.9 Å². The molecule has 2 rings (SSSR count). The first-order valence-corrected chi connectivity index (χ1v) is 6.63. The molecule has 0 unspecified atom stereocenters. The van der Waals surface area contributed by atoms with Gasteiger partial charge >= 0.3 is 11.7 Å². The summed E-state index contributed by atoms with van der Waals surface area (Å²) in [5.41, 5.74) is 0.435. The zero-order valence-electron chi connectivity index (χ0n) is 10.9. The first kappa shape index (κ1) is 15.0. The second-order valence-electron chi connectivity index (χ2n) is 4.28. The summed E-state index contributed by atoms with van der Waals surface area (Å²) in [4.78, 5) is 21.2. The molecule has 6 nitrogen and oxygen atoms in total. The number of halogens is 1. The molecule has 0 aliphatic carbocycles. The Morgan fingerprint density at radius 2 is 1.90 bits per heavy atom. The largest absolute Gasteiger partial charge is 0.478 e. The van der Waals surface area contributed by atoms with E-state index in [1.54, 1.807) is 12.1 Å². The maximum Gasteiger partial charge on any atom is 0.335 e. The van der Waals surface area contributed by atoms with E-state index in [4.69, 9.17) is 9.84 Å². The average molecular weight is 352 g/mol. The van der Waals surface area contributed by atoms with E-state index in [-0.39, 0.29) is 11.3 Å². The third-order valence-electron chi connectivity index (χ3n) is 2.71. The Hall–Kier alpha value is -2.41. The Morgan fingerprint density at radius 1 is 1.24 bits per heavy atom. The standard InChI is InChI=1S/C14H10BrNO5/c1-8-2-4-12(10(15)6-8)21-13-5-3-9(14(17)18)7-11(13)16(19)20/h2-7H,1H3,(H,17,18). The number of ether oxygens (including phenoxy) is 1. The third kappa shape index (κ3) is 3.38. The van der Waals surface area contributed by atoms with Crippen LogP contribution in [0, 0.1) is 17.0 Å².